The number of anilines is 1. The van der Waals surface area contributed by atoms with Gasteiger partial charge in [0.05, 0.1) is 10.2 Å². The molecule has 1 fully saturated rings. The minimum absolute atomic E-state index is 0.147. The van der Waals surface area contributed by atoms with Gasteiger partial charge in [0.1, 0.15) is 0 Å². The van der Waals surface area contributed by atoms with Crippen LogP contribution in [0.1, 0.15) is 35.7 Å². The number of carbonyl (C=O) groups is 1. The Hall–Kier alpha value is -1.88. The normalized spacial score (nSPS) is 23.9. The van der Waals surface area contributed by atoms with Crippen molar-refractivity contribution in [2.45, 2.75) is 26.7 Å². The molecule has 4 rings (SSSR count). The van der Waals surface area contributed by atoms with E-state index in [1.807, 2.05) is 24.0 Å². The van der Waals surface area contributed by atoms with Crippen molar-refractivity contribution in [2.24, 2.45) is 11.8 Å². The number of thiazole rings is 1. The maximum atomic E-state index is 12.9. The molecule has 1 aliphatic heterocycles. The van der Waals surface area contributed by atoms with Crippen LogP contribution in [0.15, 0.2) is 23.8 Å². The fraction of sp³-hybridized carbons (Fsp3) is 0.444. The molecule has 0 radical (unpaired) electrons. The van der Waals surface area contributed by atoms with E-state index in [0.717, 1.165) is 47.3 Å². The van der Waals surface area contributed by atoms with E-state index < -0.39 is 0 Å². The fourth-order valence-corrected chi connectivity index (χ4v) is 4.82. The van der Waals surface area contributed by atoms with Gasteiger partial charge in [0, 0.05) is 18.7 Å². The smallest absolute Gasteiger partial charge is 0.253 e. The van der Waals surface area contributed by atoms with Gasteiger partial charge < -0.3 is 10.6 Å². The minimum atomic E-state index is 0.147. The summed E-state index contributed by atoms with van der Waals surface area (Å²) in [5.74, 6) is 1.41. The number of allylic oxidation sites excluding steroid dienone is 2. The molecule has 1 amide bonds. The fourth-order valence-electron chi connectivity index (χ4n) is 3.97. The number of nitrogens with two attached hydrogens (primary N) is 1. The van der Waals surface area contributed by atoms with Crippen LogP contribution >= 0.6 is 11.3 Å². The molecule has 2 aliphatic rings. The van der Waals surface area contributed by atoms with Gasteiger partial charge in [-0.3, -0.25) is 4.79 Å². The number of carbonyl (C=O) groups excluding carboxylic acids is 1. The molecule has 2 heterocycles. The lowest BCUT2D eigenvalue weighted by Crippen LogP contribution is -2.29. The quantitative estimate of drug-likeness (QED) is 0.814. The van der Waals surface area contributed by atoms with Crippen molar-refractivity contribution in [3.05, 3.63) is 34.9 Å². The molecule has 0 unspecified atom stereocenters. The van der Waals surface area contributed by atoms with Gasteiger partial charge in [0.15, 0.2) is 5.13 Å². The summed E-state index contributed by atoms with van der Waals surface area (Å²) in [6.07, 6.45) is 4.59. The minimum Gasteiger partial charge on any atom is -0.375 e. The lowest BCUT2D eigenvalue weighted by molar-refractivity contribution is 0.0784. The summed E-state index contributed by atoms with van der Waals surface area (Å²) in [5.41, 5.74) is 9.98. The topological polar surface area (TPSA) is 59.2 Å². The van der Waals surface area contributed by atoms with Gasteiger partial charge in [-0.05, 0) is 56.2 Å². The summed E-state index contributed by atoms with van der Waals surface area (Å²) < 4.78 is 1.000. The zero-order valence-electron chi connectivity index (χ0n) is 13.5. The molecule has 4 nitrogen and oxygen atoms in total. The van der Waals surface area contributed by atoms with Crippen LogP contribution < -0.4 is 5.73 Å². The molecular formula is C18H21N3OS. The average Bonchev–Trinajstić information content (AvgIpc) is 3.08. The third kappa shape index (κ3) is 2.53. The summed E-state index contributed by atoms with van der Waals surface area (Å²) in [6.45, 7) is 5.97. The van der Waals surface area contributed by atoms with Crippen LogP contribution in [0.3, 0.4) is 0 Å². The van der Waals surface area contributed by atoms with Crippen LogP contribution in [0, 0.1) is 18.8 Å². The van der Waals surface area contributed by atoms with Gasteiger partial charge in [-0.15, -0.1) is 0 Å². The van der Waals surface area contributed by atoms with Crippen molar-refractivity contribution in [1.29, 1.82) is 0 Å². The highest BCUT2D eigenvalue weighted by molar-refractivity contribution is 7.22. The van der Waals surface area contributed by atoms with Gasteiger partial charge >= 0.3 is 0 Å². The Kier molecular flexibility index (Phi) is 3.41. The third-order valence-electron chi connectivity index (χ3n) is 5.17. The summed E-state index contributed by atoms with van der Waals surface area (Å²) in [7, 11) is 0. The van der Waals surface area contributed by atoms with E-state index in [1.165, 1.54) is 16.9 Å². The maximum Gasteiger partial charge on any atom is 0.253 e. The molecule has 0 spiro atoms. The molecule has 2 aromatic rings. The second-order valence-corrected chi connectivity index (χ2v) is 7.97. The van der Waals surface area contributed by atoms with Gasteiger partial charge in [0.25, 0.3) is 5.91 Å². The zero-order valence-corrected chi connectivity index (χ0v) is 14.3. The van der Waals surface area contributed by atoms with Crippen LogP contribution in [0.25, 0.3) is 10.2 Å². The highest BCUT2D eigenvalue weighted by atomic mass is 32.1. The summed E-state index contributed by atoms with van der Waals surface area (Å²) in [4.78, 5) is 19.3. The molecule has 0 saturated carbocycles. The van der Waals surface area contributed by atoms with Gasteiger partial charge in [-0.1, -0.05) is 23.0 Å². The molecule has 5 heteroatoms. The monoisotopic (exact) mass is 327 g/mol. The molecule has 1 aromatic carbocycles. The molecule has 1 aromatic heterocycles. The van der Waals surface area contributed by atoms with E-state index in [2.05, 4.69) is 18.0 Å². The molecule has 23 heavy (non-hydrogen) atoms. The number of aromatic nitrogens is 1. The molecule has 1 saturated heterocycles. The van der Waals surface area contributed by atoms with Crippen LogP contribution in [-0.4, -0.2) is 28.9 Å². The van der Waals surface area contributed by atoms with Crippen molar-refractivity contribution in [1.82, 2.24) is 9.88 Å². The number of rotatable bonds is 1. The lowest BCUT2D eigenvalue weighted by atomic mass is 9.83. The number of nitrogen functional groups attached to an aromatic ring is 1. The van der Waals surface area contributed by atoms with Crippen LogP contribution in [-0.2, 0) is 0 Å². The first-order valence-electron chi connectivity index (χ1n) is 8.13. The number of aryl methyl sites for hydroxylation is 1. The molecule has 2 atom stereocenters. The SMILES string of the molecule is CC1=CC[C@@H]2CN(C(=O)c3cc(C)c4nc(N)sc4c3)C[C@@H]2C1. The van der Waals surface area contributed by atoms with E-state index in [9.17, 15) is 4.79 Å². The molecule has 120 valence electrons. The second kappa shape index (κ2) is 5.34. The van der Waals surface area contributed by atoms with Gasteiger partial charge in [-0.2, -0.15) is 0 Å². The van der Waals surface area contributed by atoms with E-state index in [4.69, 9.17) is 5.73 Å². The first-order valence-corrected chi connectivity index (χ1v) is 8.94. The Balaban J connectivity index is 1.60. The Morgan fingerprint density at radius 3 is 2.91 bits per heavy atom. The van der Waals surface area contributed by atoms with Crippen molar-refractivity contribution in [2.75, 3.05) is 18.8 Å². The number of hydrogen-bond acceptors (Lipinski definition) is 4. The standard InChI is InChI=1S/C18H21N3OS/c1-10-3-4-12-8-21(9-14(12)5-10)17(22)13-6-11(2)16-15(7-13)23-18(19)20-16/h3,6-7,12,14H,4-5,8-9H2,1-2H3,(H2,19,20)/t12-,14+/m1/s1. The van der Waals surface area contributed by atoms with Crippen LogP contribution in [0.4, 0.5) is 5.13 Å². The van der Waals surface area contributed by atoms with E-state index in [0.29, 0.717) is 17.0 Å². The number of fused-ring (bicyclic) bond motifs is 2. The summed E-state index contributed by atoms with van der Waals surface area (Å²) in [6, 6.07) is 3.90. The van der Waals surface area contributed by atoms with E-state index >= 15 is 0 Å². The third-order valence-corrected chi connectivity index (χ3v) is 6.00. The zero-order chi connectivity index (χ0) is 16.1. The summed E-state index contributed by atoms with van der Waals surface area (Å²) in [5, 5.41) is 0.557. The second-order valence-electron chi connectivity index (χ2n) is 6.91. The Morgan fingerprint density at radius 2 is 2.09 bits per heavy atom. The molecule has 2 N–H and O–H groups in total. The predicted octanol–water partition coefficient (Wildman–Crippen LogP) is 3.62. The first kappa shape index (κ1) is 14.7. The van der Waals surface area contributed by atoms with Crippen molar-refractivity contribution in [3.8, 4) is 0 Å². The van der Waals surface area contributed by atoms with Crippen molar-refractivity contribution >= 4 is 32.6 Å². The summed E-state index contributed by atoms with van der Waals surface area (Å²) >= 11 is 1.45. The Bertz CT molecular complexity index is 823. The maximum absolute atomic E-state index is 12.9. The predicted molar refractivity (Wildman–Crippen MR) is 94.6 cm³/mol. The largest absolute Gasteiger partial charge is 0.375 e. The van der Waals surface area contributed by atoms with Crippen molar-refractivity contribution < 1.29 is 4.79 Å². The van der Waals surface area contributed by atoms with Crippen LogP contribution in [0.5, 0.6) is 0 Å². The van der Waals surface area contributed by atoms with Gasteiger partial charge in [-0.25, -0.2) is 4.98 Å². The van der Waals surface area contributed by atoms with E-state index in [1.54, 1.807) is 0 Å². The lowest BCUT2D eigenvalue weighted by Gasteiger charge is -2.21. The number of benzene rings is 1. The molecule has 0 bridgehead atoms. The Morgan fingerprint density at radius 1 is 1.30 bits per heavy atom. The van der Waals surface area contributed by atoms with Crippen LogP contribution in [0.2, 0.25) is 0 Å². The molecular weight excluding hydrogens is 306 g/mol. The number of hydrogen-bond donors (Lipinski definition) is 1. The van der Waals surface area contributed by atoms with Gasteiger partial charge in [0.2, 0.25) is 0 Å². The molecule has 1 aliphatic carbocycles. The number of amides is 1. The first-order chi connectivity index (χ1) is 11.0. The Labute approximate surface area is 140 Å². The number of nitrogens with zero attached hydrogens (tertiary/aromatic N) is 2. The number of likely N-dealkylation sites (tertiary alicyclic amines) is 1. The van der Waals surface area contributed by atoms with Crippen molar-refractivity contribution in [3.63, 3.8) is 0 Å². The van der Waals surface area contributed by atoms with E-state index in [-0.39, 0.29) is 5.91 Å². The highest BCUT2D eigenvalue weighted by Crippen LogP contribution is 2.36. The highest BCUT2D eigenvalue weighted by Gasteiger charge is 2.36. The average molecular weight is 327 g/mol.